The van der Waals surface area contributed by atoms with E-state index in [1.807, 2.05) is 41.4 Å². The first-order valence-electron chi connectivity index (χ1n) is 12.0. The highest BCUT2D eigenvalue weighted by molar-refractivity contribution is 5.94. The lowest BCUT2D eigenvalue weighted by molar-refractivity contribution is -0.132. The van der Waals surface area contributed by atoms with Crippen molar-refractivity contribution in [3.05, 3.63) is 78.5 Å². The molecule has 1 saturated heterocycles. The van der Waals surface area contributed by atoms with Crippen molar-refractivity contribution in [3.8, 4) is 17.0 Å². The molecule has 2 aromatic heterocycles. The fraction of sp³-hybridized carbons (Fsp3) is 0.286. The summed E-state index contributed by atoms with van der Waals surface area (Å²) in [4.78, 5) is 24.9. The zero-order valence-electron chi connectivity index (χ0n) is 19.1. The Morgan fingerprint density at radius 2 is 1.74 bits per heavy atom. The van der Waals surface area contributed by atoms with Crippen LogP contribution in [0.25, 0.3) is 22.3 Å². The van der Waals surface area contributed by atoms with Gasteiger partial charge in [0.2, 0.25) is 5.91 Å². The summed E-state index contributed by atoms with van der Waals surface area (Å²) >= 11 is 0. The summed E-state index contributed by atoms with van der Waals surface area (Å²) in [5.41, 5.74) is 5.34. The van der Waals surface area contributed by atoms with E-state index in [-0.39, 0.29) is 0 Å². The highest BCUT2D eigenvalue weighted by atomic mass is 16.5. The van der Waals surface area contributed by atoms with Gasteiger partial charge in [-0.3, -0.25) is 4.79 Å². The van der Waals surface area contributed by atoms with E-state index in [2.05, 4.69) is 51.3 Å². The number of rotatable bonds is 6. The standard InChI is InChI=1S/C28H28N4O2/c33-28(22-6-7-22)32-16-14-31(15-17-32)26-12-13-29-27-24(26)18-25(30-27)21-8-10-23(11-9-21)34-19-20-4-2-1-3-5-20/h1-5,8-13,18,22H,6-7,14-17,19H2,(H,29,30). The molecule has 0 bridgehead atoms. The van der Waals surface area contributed by atoms with Gasteiger partial charge in [-0.05, 0) is 60.4 Å². The van der Waals surface area contributed by atoms with Gasteiger partial charge in [0.05, 0.1) is 0 Å². The average Bonchev–Trinajstić information content (AvgIpc) is 3.66. The molecule has 0 spiro atoms. The van der Waals surface area contributed by atoms with Crippen LogP contribution >= 0.6 is 0 Å². The third-order valence-corrected chi connectivity index (χ3v) is 6.78. The average molecular weight is 453 g/mol. The Bertz CT molecular complexity index is 1290. The summed E-state index contributed by atoms with van der Waals surface area (Å²) in [6, 6.07) is 22.6. The quantitative estimate of drug-likeness (QED) is 0.454. The summed E-state index contributed by atoms with van der Waals surface area (Å²) in [6.45, 7) is 3.85. The first-order chi connectivity index (χ1) is 16.7. The third kappa shape index (κ3) is 4.23. The lowest BCUT2D eigenvalue weighted by atomic mass is 10.1. The van der Waals surface area contributed by atoms with Crippen LogP contribution in [0.4, 0.5) is 5.69 Å². The number of ether oxygens (including phenoxy) is 1. The molecule has 0 radical (unpaired) electrons. The number of hydrogen-bond donors (Lipinski definition) is 1. The molecule has 6 nitrogen and oxygen atoms in total. The number of piperazine rings is 1. The van der Waals surface area contributed by atoms with Crippen LogP contribution in [0.3, 0.4) is 0 Å². The van der Waals surface area contributed by atoms with Crippen LogP contribution in [0, 0.1) is 5.92 Å². The Morgan fingerprint density at radius 3 is 2.47 bits per heavy atom. The third-order valence-electron chi connectivity index (χ3n) is 6.78. The van der Waals surface area contributed by atoms with Gasteiger partial charge < -0.3 is 19.5 Å². The normalized spacial score (nSPS) is 16.1. The molecule has 1 saturated carbocycles. The first-order valence-corrected chi connectivity index (χ1v) is 12.0. The predicted molar refractivity (Wildman–Crippen MR) is 134 cm³/mol. The summed E-state index contributed by atoms with van der Waals surface area (Å²) in [7, 11) is 0. The van der Waals surface area contributed by atoms with Gasteiger partial charge in [-0.15, -0.1) is 0 Å². The van der Waals surface area contributed by atoms with Crippen LogP contribution in [-0.4, -0.2) is 47.0 Å². The lowest BCUT2D eigenvalue weighted by Crippen LogP contribution is -2.49. The van der Waals surface area contributed by atoms with Crippen molar-refractivity contribution in [2.75, 3.05) is 31.1 Å². The van der Waals surface area contributed by atoms with Crippen LogP contribution in [0.1, 0.15) is 18.4 Å². The van der Waals surface area contributed by atoms with Gasteiger partial charge >= 0.3 is 0 Å². The van der Waals surface area contributed by atoms with E-state index in [0.29, 0.717) is 18.4 Å². The van der Waals surface area contributed by atoms with Crippen molar-refractivity contribution in [1.29, 1.82) is 0 Å². The monoisotopic (exact) mass is 452 g/mol. The maximum Gasteiger partial charge on any atom is 0.225 e. The highest BCUT2D eigenvalue weighted by Crippen LogP contribution is 2.33. The molecule has 0 atom stereocenters. The zero-order valence-corrected chi connectivity index (χ0v) is 19.1. The first kappa shape index (κ1) is 20.8. The molecule has 6 rings (SSSR count). The number of aromatic nitrogens is 2. The molecule has 1 amide bonds. The SMILES string of the molecule is O=C(C1CC1)N1CCN(c2ccnc3[nH]c(-c4ccc(OCc5ccccc5)cc4)cc23)CC1. The summed E-state index contributed by atoms with van der Waals surface area (Å²) in [5, 5.41) is 1.11. The minimum Gasteiger partial charge on any atom is -0.489 e. The van der Waals surface area contributed by atoms with Gasteiger partial charge in [-0.2, -0.15) is 0 Å². The van der Waals surface area contributed by atoms with Crippen molar-refractivity contribution in [2.45, 2.75) is 19.4 Å². The van der Waals surface area contributed by atoms with Gasteiger partial charge in [-0.1, -0.05) is 30.3 Å². The number of pyridine rings is 1. The molecule has 2 fully saturated rings. The Labute approximate surface area is 199 Å². The van der Waals surface area contributed by atoms with Gasteiger partial charge in [-0.25, -0.2) is 4.98 Å². The second-order valence-corrected chi connectivity index (χ2v) is 9.16. The lowest BCUT2D eigenvalue weighted by Gasteiger charge is -2.36. The molecule has 6 heteroatoms. The Kier molecular flexibility index (Phi) is 5.41. The number of H-pyrrole nitrogens is 1. The molecule has 34 heavy (non-hydrogen) atoms. The number of benzene rings is 2. The van der Waals surface area contributed by atoms with Gasteiger partial charge in [0, 0.05) is 55.1 Å². The molecule has 1 N–H and O–H groups in total. The smallest absolute Gasteiger partial charge is 0.225 e. The van der Waals surface area contributed by atoms with Crippen molar-refractivity contribution in [2.24, 2.45) is 5.92 Å². The van der Waals surface area contributed by atoms with E-state index in [0.717, 1.165) is 72.6 Å². The predicted octanol–water partition coefficient (Wildman–Crippen LogP) is 4.87. The Balaban J connectivity index is 1.16. The molecular weight excluding hydrogens is 424 g/mol. The van der Waals surface area contributed by atoms with Crippen LogP contribution in [0.5, 0.6) is 5.75 Å². The van der Waals surface area contributed by atoms with Gasteiger partial charge in [0.25, 0.3) is 0 Å². The van der Waals surface area contributed by atoms with E-state index in [9.17, 15) is 4.79 Å². The molecular formula is C28H28N4O2. The van der Waals surface area contributed by atoms with Crippen LogP contribution < -0.4 is 9.64 Å². The number of anilines is 1. The number of hydrogen-bond acceptors (Lipinski definition) is 4. The summed E-state index contributed by atoms with van der Waals surface area (Å²) in [6.07, 6.45) is 3.99. The largest absolute Gasteiger partial charge is 0.489 e. The number of carbonyl (C=O) groups is 1. The maximum absolute atomic E-state index is 12.4. The van der Waals surface area contributed by atoms with Crippen molar-refractivity contribution in [1.82, 2.24) is 14.9 Å². The van der Waals surface area contributed by atoms with Crippen molar-refractivity contribution < 1.29 is 9.53 Å². The van der Waals surface area contributed by atoms with Crippen LogP contribution in [0.2, 0.25) is 0 Å². The van der Waals surface area contributed by atoms with E-state index in [4.69, 9.17) is 4.74 Å². The number of nitrogens with zero attached hydrogens (tertiary/aromatic N) is 3. The number of carbonyl (C=O) groups excluding carboxylic acids is 1. The van der Waals surface area contributed by atoms with E-state index < -0.39 is 0 Å². The van der Waals surface area contributed by atoms with E-state index in [1.165, 1.54) is 5.69 Å². The minimum absolute atomic E-state index is 0.293. The summed E-state index contributed by atoms with van der Waals surface area (Å²) in [5.74, 6) is 1.49. The van der Waals surface area contributed by atoms with Crippen LogP contribution in [0.15, 0.2) is 72.9 Å². The number of fused-ring (bicyclic) bond motifs is 1. The molecule has 4 aromatic rings. The molecule has 1 aliphatic carbocycles. The fourth-order valence-corrected chi connectivity index (χ4v) is 4.67. The minimum atomic E-state index is 0.293. The number of aromatic amines is 1. The molecule has 1 aliphatic heterocycles. The van der Waals surface area contributed by atoms with E-state index in [1.54, 1.807) is 0 Å². The molecule has 172 valence electrons. The maximum atomic E-state index is 12.4. The van der Waals surface area contributed by atoms with E-state index >= 15 is 0 Å². The van der Waals surface area contributed by atoms with Gasteiger partial charge in [0.1, 0.15) is 18.0 Å². The van der Waals surface area contributed by atoms with Crippen LogP contribution in [-0.2, 0) is 11.4 Å². The van der Waals surface area contributed by atoms with Crippen molar-refractivity contribution >= 4 is 22.6 Å². The highest BCUT2D eigenvalue weighted by Gasteiger charge is 2.34. The summed E-state index contributed by atoms with van der Waals surface area (Å²) < 4.78 is 5.93. The molecule has 0 unspecified atom stereocenters. The number of nitrogens with one attached hydrogen (secondary N) is 1. The fourth-order valence-electron chi connectivity index (χ4n) is 4.67. The van der Waals surface area contributed by atoms with Crippen molar-refractivity contribution in [3.63, 3.8) is 0 Å². The van der Waals surface area contributed by atoms with Gasteiger partial charge in [0.15, 0.2) is 0 Å². The Hall–Kier alpha value is -3.80. The Morgan fingerprint density at radius 1 is 0.971 bits per heavy atom. The molecule has 2 aliphatic rings. The molecule has 2 aromatic carbocycles. The second kappa shape index (κ2) is 8.86. The number of amides is 1. The topological polar surface area (TPSA) is 61.5 Å². The molecule has 3 heterocycles. The second-order valence-electron chi connectivity index (χ2n) is 9.16. The zero-order chi connectivity index (χ0) is 22.9.